The average molecular weight is 281 g/mol. The summed E-state index contributed by atoms with van der Waals surface area (Å²) in [6.45, 7) is 0. The maximum absolute atomic E-state index is 9.51. The molecule has 3 saturated carbocycles. The topological polar surface area (TPSA) is 46.2 Å². The molecular weight excluding hydrogens is 265 g/mol. The molecule has 0 radical (unpaired) electrons. The molecule has 0 amide bonds. The molecule has 2 bridgehead atoms. The summed E-state index contributed by atoms with van der Waals surface area (Å²) in [4.78, 5) is 0. The molecule has 1 unspecified atom stereocenters. The predicted molar refractivity (Wildman–Crippen MR) is 57.1 cm³/mol. The van der Waals surface area contributed by atoms with Gasteiger partial charge >= 0.3 is 0 Å². The van der Waals surface area contributed by atoms with E-state index in [1.165, 1.54) is 19.3 Å². The molecule has 0 heterocycles. The summed E-state index contributed by atoms with van der Waals surface area (Å²) in [5.74, 6) is 0. The third kappa shape index (κ3) is 1.30. The second-order valence-corrected chi connectivity index (χ2v) is 6.75. The maximum atomic E-state index is 9.51. The molecule has 3 fully saturated rings. The van der Waals surface area contributed by atoms with Crippen molar-refractivity contribution in [3.63, 3.8) is 0 Å². The van der Waals surface area contributed by atoms with E-state index in [0.717, 1.165) is 19.3 Å². The molecular formula is C9H16INO. The Morgan fingerprint density at radius 2 is 1.50 bits per heavy atom. The summed E-state index contributed by atoms with van der Waals surface area (Å²) in [6.07, 6.45) is 6.57. The van der Waals surface area contributed by atoms with Crippen molar-refractivity contribution in [3.05, 3.63) is 0 Å². The smallest absolute Gasteiger partial charge is 0.108 e. The fraction of sp³-hybridized carbons (Fsp3) is 1.00. The van der Waals surface area contributed by atoms with Gasteiger partial charge in [-0.25, -0.2) is 0 Å². The minimum Gasteiger partial charge on any atom is -0.378 e. The molecule has 12 heavy (non-hydrogen) atoms. The Labute approximate surface area is 87.0 Å². The van der Waals surface area contributed by atoms with Gasteiger partial charge in [-0.15, -0.1) is 0 Å². The fourth-order valence-corrected chi connectivity index (χ4v) is 3.42. The van der Waals surface area contributed by atoms with Crippen LogP contribution >= 0.6 is 22.6 Å². The van der Waals surface area contributed by atoms with Gasteiger partial charge in [-0.2, -0.15) is 0 Å². The van der Waals surface area contributed by atoms with Gasteiger partial charge in [0, 0.05) is 8.84 Å². The summed E-state index contributed by atoms with van der Waals surface area (Å²) < 4.78 is 0.550. The fourth-order valence-electron chi connectivity index (χ4n) is 2.61. The predicted octanol–water partition coefficient (Wildman–Crippen LogP) is 1.79. The maximum Gasteiger partial charge on any atom is 0.108 e. The van der Waals surface area contributed by atoms with Crippen molar-refractivity contribution >= 4 is 22.6 Å². The van der Waals surface area contributed by atoms with Crippen LogP contribution in [0.15, 0.2) is 0 Å². The summed E-state index contributed by atoms with van der Waals surface area (Å²) in [5, 5.41) is 9.51. The highest BCUT2D eigenvalue weighted by atomic mass is 127. The van der Waals surface area contributed by atoms with Crippen LogP contribution in [-0.4, -0.2) is 14.8 Å². The van der Waals surface area contributed by atoms with E-state index in [0.29, 0.717) is 3.42 Å². The van der Waals surface area contributed by atoms with Gasteiger partial charge in [-0.05, 0) is 38.5 Å². The van der Waals surface area contributed by atoms with E-state index in [1.807, 2.05) is 0 Å². The van der Waals surface area contributed by atoms with Crippen molar-refractivity contribution in [2.75, 3.05) is 0 Å². The molecule has 0 aliphatic heterocycles. The van der Waals surface area contributed by atoms with Crippen LogP contribution in [0.5, 0.6) is 0 Å². The Kier molecular flexibility index (Phi) is 2.16. The van der Waals surface area contributed by atoms with E-state index in [1.54, 1.807) is 0 Å². The van der Waals surface area contributed by atoms with Gasteiger partial charge in [-0.3, -0.25) is 0 Å². The summed E-state index contributed by atoms with van der Waals surface area (Å²) in [6, 6.07) is 0. The average Bonchev–Trinajstić information content (AvgIpc) is 2.06. The van der Waals surface area contributed by atoms with Gasteiger partial charge in [-0.1, -0.05) is 22.6 Å². The van der Waals surface area contributed by atoms with Gasteiger partial charge in [0.05, 0.1) is 0 Å². The SMILES string of the molecule is NC(O)C12CCC(I)(CC1)CC2. The Hall–Kier alpha value is 0.650. The van der Waals surface area contributed by atoms with Crippen LogP contribution in [0, 0.1) is 5.41 Å². The lowest BCUT2D eigenvalue weighted by molar-refractivity contribution is -0.0391. The second kappa shape index (κ2) is 2.82. The van der Waals surface area contributed by atoms with Crippen LogP contribution in [0.4, 0.5) is 0 Å². The zero-order valence-corrected chi connectivity index (χ0v) is 9.38. The van der Waals surface area contributed by atoms with Crippen LogP contribution in [0.2, 0.25) is 0 Å². The molecule has 1 atom stereocenters. The molecule has 0 aromatic heterocycles. The van der Waals surface area contributed by atoms with E-state index in [9.17, 15) is 5.11 Å². The van der Waals surface area contributed by atoms with Crippen LogP contribution in [0.25, 0.3) is 0 Å². The number of rotatable bonds is 1. The molecule has 2 nitrogen and oxygen atoms in total. The first kappa shape index (κ1) is 9.21. The highest BCUT2D eigenvalue weighted by molar-refractivity contribution is 14.1. The minimum absolute atomic E-state index is 0.0902. The van der Waals surface area contributed by atoms with Gasteiger partial charge < -0.3 is 10.8 Å². The van der Waals surface area contributed by atoms with E-state index in [2.05, 4.69) is 22.6 Å². The lowest BCUT2D eigenvalue weighted by atomic mass is 9.60. The molecule has 3 N–H and O–H groups in total. The number of aliphatic hydroxyl groups excluding tert-OH is 1. The van der Waals surface area contributed by atoms with Gasteiger partial charge in [0.1, 0.15) is 6.23 Å². The summed E-state index contributed by atoms with van der Waals surface area (Å²) in [7, 11) is 0. The third-order valence-electron chi connectivity index (χ3n) is 3.84. The molecule has 3 heteroatoms. The van der Waals surface area contributed by atoms with Crippen LogP contribution in [-0.2, 0) is 0 Å². The molecule has 3 aliphatic carbocycles. The normalized spacial score (nSPS) is 49.2. The number of hydrogen-bond acceptors (Lipinski definition) is 2. The number of alkyl halides is 1. The molecule has 0 aromatic carbocycles. The molecule has 0 aromatic rings. The number of halogens is 1. The van der Waals surface area contributed by atoms with Crippen molar-refractivity contribution < 1.29 is 5.11 Å². The highest BCUT2D eigenvalue weighted by Gasteiger charge is 2.49. The molecule has 0 spiro atoms. The van der Waals surface area contributed by atoms with Crippen molar-refractivity contribution in [2.45, 2.75) is 48.2 Å². The largest absolute Gasteiger partial charge is 0.378 e. The zero-order valence-electron chi connectivity index (χ0n) is 7.22. The first-order valence-corrected chi connectivity index (χ1v) is 5.77. The molecule has 3 rings (SSSR count). The number of hydrogen-bond donors (Lipinski definition) is 2. The van der Waals surface area contributed by atoms with Crippen molar-refractivity contribution in [3.8, 4) is 0 Å². The van der Waals surface area contributed by atoms with E-state index < -0.39 is 6.23 Å². The third-order valence-corrected chi connectivity index (χ3v) is 5.46. The first-order chi connectivity index (χ1) is 5.56. The number of nitrogens with two attached hydrogens (primary N) is 1. The van der Waals surface area contributed by atoms with E-state index in [-0.39, 0.29) is 5.41 Å². The minimum atomic E-state index is -0.584. The van der Waals surface area contributed by atoms with Gasteiger partial charge in [0.15, 0.2) is 0 Å². The number of fused-ring (bicyclic) bond motifs is 3. The lowest BCUT2D eigenvalue weighted by Crippen LogP contribution is -2.51. The van der Waals surface area contributed by atoms with Crippen molar-refractivity contribution in [2.24, 2.45) is 11.1 Å². The second-order valence-electron chi connectivity index (χ2n) is 4.46. The summed E-state index contributed by atoms with van der Waals surface area (Å²) >= 11 is 2.60. The molecule has 0 saturated heterocycles. The Morgan fingerprint density at radius 3 is 1.83 bits per heavy atom. The summed E-state index contributed by atoms with van der Waals surface area (Å²) in [5.41, 5.74) is 5.72. The number of aliphatic hydroxyl groups is 1. The Balaban J connectivity index is 2.14. The van der Waals surface area contributed by atoms with Crippen LogP contribution in [0.3, 0.4) is 0 Å². The molecule has 3 aliphatic rings. The quantitative estimate of drug-likeness (QED) is 0.437. The van der Waals surface area contributed by atoms with E-state index in [4.69, 9.17) is 5.73 Å². The zero-order chi connectivity index (χ0) is 8.82. The Bertz CT molecular complexity index is 168. The Morgan fingerprint density at radius 1 is 1.08 bits per heavy atom. The van der Waals surface area contributed by atoms with Crippen molar-refractivity contribution in [1.29, 1.82) is 0 Å². The molecule has 70 valence electrons. The monoisotopic (exact) mass is 281 g/mol. The standard InChI is InChI=1S/C9H16INO/c10-9-4-1-8(2-5-9,3-6-9)7(11)12/h7,12H,1-6,11H2. The van der Waals surface area contributed by atoms with Gasteiger partial charge in [0.25, 0.3) is 0 Å². The van der Waals surface area contributed by atoms with Gasteiger partial charge in [0.2, 0.25) is 0 Å². The highest BCUT2D eigenvalue weighted by Crippen LogP contribution is 2.56. The van der Waals surface area contributed by atoms with Crippen LogP contribution < -0.4 is 5.73 Å². The van der Waals surface area contributed by atoms with E-state index >= 15 is 0 Å². The first-order valence-electron chi connectivity index (χ1n) is 4.69. The van der Waals surface area contributed by atoms with Crippen LogP contribution in [0.1, 0.15) is 38.5 Å². The van der Waals surface area contributed by atoms with Crippen molar-refractivity contribution in [1.82, 2.24) is 0 Å². The lowest BCUT2D eigenvalue weighted by Gasteiger charge is -2.52.